The third-order valence-electron chi connectivity index (χ3n) is 5.04. The zero-order chi connectivity index (χ0) is 21.6. The van der Waals surface area contributed by atoms with E-state index < -0.39 is 6.23 Å². The fourth-order valence-corrected chi connectivity index (χ4v) is 4.02. The largest absolute Gasteiger partial charge is 0.499 e. The Hall–Kier alpha value is -2.59. The van der Waals surface area contributed by atoms with Crippen LogP contribution < -0.4 is 16.0 Å². The van der Waals surface area contributed by atoms with Gasteiger partial charge in [0.1, 0.15) is 12.0 Å². The molecule has 0 radical (unpaired) electrons. The Morgan fingerprint density at radius 2 is 2.06 bits per heavy atom. The molecule has 2 aromatic heterocycles. The third-order valence-corrected chi connectivity index (χ3v) is 5.98. The molecule has 4 rings (SSSR count). The summed E-state index contributed by atoms with van der Waals surface area (Å²) >= 11 is 1.16. The van der Waals surface area contributed by atoms with Crippen molar-refractivity contribution in [3.63, 3.8) is 0 Å². The van der Waals surface area contributed by atoms with Gasteiger partial charge in [-0.15, -0.1) is 11.3 Å². The molecule has 2 heterocycles. The predicted octanol–water partition coefficient (Wildman–Crippen LogP) is 3.76. The van der Waals surface area contributed by atoms with Crippen LogP contribution in [0.25, 0.3) is 0 Å². The maximum atomic E-state index is 13.4. The van der Waals surface area contributed by atoms with Crippen LogP contribution in [0, 0.1) is 5.82 Å². The van der Waals surface area contributed by atoms with Gasteiger partial charge in [-0.3, -0.25) is 5.32 Å². The van der Waals surface area contributed by atoms with E-state index in [0.29, 0.717) is 35.5 Å². The van der Waals surface area contributed by atoms with Crippen molar-refractivity contribution >= 4 is 23.0 Å². The number of aromatic nitrogens is 2. The van der Waals surface area contributed by atoms with Gasteiger partial charge in [-0.1, -0.05) is 6.07 Å². The van der Waals surface area contributed by atoms with Crippen LogP contribution in [0.4, 0.5) is 16.0 Å². The van der Waals surface area contributed by atoms with Crippen molar-refractivity contribution in [2.45, 2.75) is 38.0 Å². The van der Waals surface area contributed by atoms with Gasteiger partial charge in [-0.05, 0) is 74.2 Å². The Morgan fingerprint density at radius 1 is 1.19 bits per heavy atom. The lowest BCUT2D eigenvalue weighted by molar-refractivity contribution is 0.142. The van der Waals surface area contributed by atoms with Crippen LogP contribution in [-0.2, 0) is 6.54 Å². The second-order valence-corrected chi connectivity index (χ2v) is 8.66. The zero-order valence-corrected chi connectivity index (χ0v) is 17.8. The Bertz CT molecular complexity index is 1010. The Kier molecular flexibility index (Phi) is 7.08. The lowest BCUT2D eigenvalue weighted by Crippen LogP contribution is -2.25. The first kappa shape index (κ1) is 21.6. The van der Waals surface area contributed by atoms with E-state index in [1.807, 2.05) is 6.20 Å². The molecule has 0 amide bonds. The second kappa shape index (κ2) is 10.1. The molecule has 7 nitrogen and oxygen atoms in total. The highest BCUT2D eigenvalue weighted by Crippen LogP contribution is 2.41. The van der Waals surface area contributed by atoms with Crippen LogP contribution in [0.5, 0.6) is 5.06 Å². The summed E-state index contributed by atoms with van der Waals surface area (Å²) in [5.41, 5.74) is 2.74. The Labute approximate surface area is 184 Å². The summed E-state index contributed by atoms with van der Waals surface area (Å²) < 4.78 is 13.4. The third kappa shape index (κ3) is 6.20. The molecule has 9 heteroatoms. The summed E-state index contributed by atoms with van der Waals surface area (Å²) in [4.78, 5) is 9.76. The monoisotopic (exact) mass is 443 g/mol. The number of rotatable bonds is 11. The minimum atomic E-state index is -0.773. The van der Waals surface area contributed by atoms with Gasteiger partial charge in [0.05, 0.1) is 10.6 Å². The summed E-state index contributed by atoms with van der Waals surface area (Å²) in [5.74, 6) is 0.672. The molecule has 3 aromatic rings. The normalized spacial score (nSPS) is 14.5. The molecular formula is C22H26FN5O2S. The number of aliphatic hydroxyl groups excluding tert-OH is 1. The van der Waals surface area contributed by atoms with Gasteiger partial charge in [-0.2, -0.15) is 0 Å². The van der Waals surface area contributed by atoms with E-state index in [1.165, 1.54) is 17.7 Å². The van der Waals surface area contributed by atoms with E-state index >= 15 is 0 Å². The van der Waals surface area contributed by atoms with E-state index in [0.717, 1.165) is 42.8 Å². The molecule has 1 unspecified atom stereocenters. The molecule has 0 aliphatic heterocycles. The number of aliphatic hydroxyl groups is 1. The fraction of sp³-hybridized carbons (Fsp3) is 0.364. The molecule has 31 heavy (non-hydrogen) atoms. The highest BCUT2D eigenvalue weighted by molar-refractivity contribution is 7.13. The van der Waals surface area contributed by atoms with E-state index in [4.69, 9.17) is 0 Å². The van der Waals surface area contributed by atoms with Gasteiger partial charge in [-0.25, -0.2) is 14.4 Å². The number of thiophene rings is 1. The van der Waals surface area contributed by atoms with Crippen LogP contribution in [0.15, 0.2) is 42.6 Å². The molecule has 164 valence electrons. The highest BCUT2D eigenvalue weighted by Gasteiger charge is 2.27. The smallest absolute Gasteiger partial charge is 0.227 e. The summed E-state index contributed by atoms with van der Waals surface area (Å²) in [6, 6.07) is 9.51. The molecule has 1 aromatic carbocycles. The Balaban J connectivity index is 1.27. The maximum absolute atomic E-state index is 13.4. The molecule has 1 aliphatic carbocycles. The van der Waals surface area contributed by atoms with Crippen molar-refractivity contribution in [2.75, 3.05) is 18.4 Å². The first-order valence-electron chi connectivity index (χ1n) is 10.4. The SMILES string of the molecule is Oc1ccc(C(O)NCCCNCc2nc(Nc3cccc(F)c3)ncc2C2CC2)s1. The number of halogens is 1. The molecular weight excluding hydrogens is 417 g/mol. The average Bonchev–Trinajstić information content (AvgIpc) is 3.50. The maximum Gasteiger partial charge on any atom is 0.227 e. The summed E-state index contributed by atoms with van der Waals surface area (Å²) in [5, 5.41) is 29.1. The number of benzene rings is 1. The number of hydrogen-bond acceptors (Lipinski definition) is 8. The zero-order valence-electron chi connectivity index (χ0n) is 17.0. The lowest BCUT2D eigenvalue weighted by atomic mass is 10.1. The molecule has 1 atom stereocenters. The van der Waals surface area contributed by atoms with Gasteiger partial charge < -0.3 is 20.8 Å². The van der Waals surface area contributed by atoms with Crippen molar-refractivity contribution < 1.29 is 14.6 Å². The standard InChI is InChI=1S/C22H26FN5O2S/c23-15-3-1-4-16(11-15)27-22-26-12-17(14-5-6-14)18(28-22)13-24-9-2-10-25-21(30)19-7-8-20(29)31-19/h1,3-4,7-8,11-12,14,21,24-25,29-30H,2,5-6,9-10,13H2,(H,26,27,28). The number of aromatic hydroxyl groups is 1. The van der Waals surface area contributed by atoms with Gasteiger partial charge in [0.15, 0.2) is 5.06 Å². The number of hydrogen-bond donors (Lipinski definition) is 5. The molecule has 0 bridgehead atoms. The topological polar surface area (TPSA) is 102 Å². The highest BCUT2D eigenvalue weighted by atomic mass is 32.1. The van der Waals surface area contributed by atoms with Crippen LogP contribution in [-0.4, -0.2) is 33.3 Å². The molecule has 0 spiro atoms. The molecule has 1 saturated carbocycles. The Morgan fingerprint density at radius 3 is 2.81 bits per heavy atom. The predicted molar refractivity (Wildman–Crippen MR) is 119 cm³/mol. The first-order chi connectivity index (χ1) is 15.1. The molecule has 1 fully saturated rings. The number of anilines is 2. The van der Waals surface area contributed by atoms with Gasteiger partial charge >= 0.3 is 0 Å². The average molecular weight is 444 g/mol. The molecule has 1 aliphatic rings. The summed E-state index contributed by atoms with van der Waals surface area (Å²) in [7, 11) is 0. The summed E-state index contributed by atoms with van der Waals surface area (Å²) in [6.07, 6.45) is 4.25. The van der Waals surface area contributed by atoms with Crippen molar-refractivity contribution in [2.24, 2.45) is 0 Å². The summed E-state index contributed by atoms with van der Waals surface area (Å²) in [6.45, 7) is 2.02. The second-order valence-electron chi connectivity index (χ2n) is 7.57. The van der Waals surface area contributed by atoms with Crippen LogP contribution in [0.3, 0.4) is 0 Å². The molecule has 0 saturated heterocycles. The van der Waals surface area contributed by atoms with Crippen LogP contribution in [0.2, 0.25) is 0 Å². The van der Waals surface area contributed by atoms with Crippen molar-refractivity contribution in [3.8, 4) is 5.06 Å². The van der Waals surface area contributed by atoms with E-state index in [1.54, 1.807) is 24.3 Å². The van der Waals surface area contributed by atoms with Gasteiger partial charge in [0, 0.05) is 18.4 Å². The first-order valence-corrected chi connectivity index (χ1v) is 11.2. The van der Waals surface area contributed by atoms with Crippen molar-refractivity contribution in [3.05, 3.63) is 64.5 Å². The van der Waals surface area contributed by atoms with Crippen molar-refractivity contribution in [1.29, 1.82) is 0 Å². The van der Waals surface area contributed by atoms with E-state index in [2.05, 4.69) is 25.9 Å². The lowest BCUT2D eigenvalue weighted by Gasteiger charge is -2.13. The van der Waals surface area contributed by atoms with Gasteiger partial charge in [0.2, 0.25) is 5.95 Å². The van der Waals surface area contributed by atoms with E-state index in [9.17, 15) is 14.6 Å². The number of nitrogens with one attached hydrogen (secondary N) is 3. The van der Waals surface area contributed by atoms with E-state index in [-0.39, 0.29) is 10.9 Å². The van der Waals surface area contributed by atoms with Crippen LogP contribution >= 0.6 is 11.3 Å². The quantitative estimate of drug-likeness (QED) is 0.227. The minimum absolute atomic E-state index is 0.195. The number of nitrogens with zero attached hydrogens (tertiary/aromatic N) is 2. The van der Waals surface area contributed by atoms with Crippen LogP contribution in [0.1, 0.15) is 47.5 Å². The molecule has 5 N–H and O–H groups in total. The minimum Gasteiger partial charge on any atom is -0.499 e. The van der Waals surface area contributed by atoms with Crippen molar-refractivity contribution in [1.82, 2.24) is 20.6 Å². The van der Waals surface area contributed by atoms with Gasteiger partial charge in [0.25, 0.3) is 0 Å². The fourth-order valence-electron chi connectivity index (χ4n) is 3.31.